The molecule has 164 valence electrons. The predicted molar refractivity (Wildman–Crippen MR) is 127 cm³/mol. The Balaban J connectivity index is 1.46. The van der Waals surface area contributed by atoms with Crippen LogP contribution in [-0.2, 0) is 6.42 Å². The van der Waals surface area contributed by atoms with E-state index in [0.717, 1.165) is 27.8 Å². The standard InChI is InChI=1S/C26H24N6O/c1-17-9-8-12-20(15-17)32-18(2)24(30-31-32)26(33)29-23(16-19-10-4-3-5-11-19)25-27-21-13-6-7-14-22(21)28-25/h3-15,23H,16H2,1-2H3,(H,27,28)(H,29,33)/t23-/m0/s1. The highest BCUT2D eigenvalue weighted by Crippen LogP contribution is 2.21. The van der Waals surface area contributed by atoms with Gasteiger partial charge in [-0.15, -0.1) is 5.10 Å². The van der Waals surface area contributed by atoms with Crippen LogP contribution in [0.25, 0.3) is 16.7 Å². The number of nitrogens with zero attached hydrogens (tertiary/aromatic N) is 4. The molecule has 7 nitrogen and oxygen atoms in total. The van der Waals surface area contributed by atoms with Crippen LogP contribution in [0.5, 0.6) is 0 Å². The zero-order chi connectivity index (χ0) is 22.8. The molecule has 0 aliphatic carbocycles. The number of aromatic amines is 1. The number of hydrogen-bond donors (Lipinski definition) is 2. The average Bonchev–Trinajstić information content (AvgIpc) is 3.43. The molecule has 33 heavy (non-hydrogen) atoms. The van der Waals surface area contributed by atoms with Gasteiger partial charge in [-0.2, -0.15) is 0 Å². The minimum Gasteiger partial charge on any atom is -0.340 e. The summed E-state index contributed by atoms with van der Waals surface area (Å²) in [4.78, 5) is 21.4. The molecule has 1 atom stereocenters. The number of imidazole rings is 1. The van der Waals surface area contributed by atoms with E-state index >= 15 is 0 Å². The fourth-order valence-electron chi connectivity index (χ4n) is 3.97. The second-order valence-electron chi connectivity index (χ2n) is 8.13. The van der Waals surface area contributed by atoms with Crippen LogP contribution in [0.15, 0.2) is 78.9 Å². The number of carbonyl (C=O) groups excluding carboxylic acids is 1. The maximum atomic E-state index is 13.3. The highest BCUT2D eigenvalue weighted by molar-refractivity contribution is 5.93. The molecule has 0 radical (unpaired) electrons. The molecule has 2 heterocycles. The number of aryl methyl sites for hydroxylation is 1. The Morgan fingerprint density at radius 3 is 2.58 bits per heavy atom. The zero-order valence-electron chi connectivity index (χ0n) is 18.5. The first-order chi connectivity index (χ1) is 16.1. The van der Waals surface area contributed by atoms with Gasteiger partial charge in [-0.05, 0) is 55.7 Å². The van der Waals surface area contributed by atoms with Crippen LogP contribution in [-0.4, -0.2) is 30.9 Å². The lowest BCUT2D eigenvalue weighted by Crippen LogP contribution is -2.31. The van der Waals surface area contributed by atoms with Crippen LogP contribution in [0.1, 0.15) is 39.2 Å². The molecule has 1 amide bonds. The van der Waals surface area contributed by atoms with E-state index in [-0.39, 0.29) is 11.9 Å². The molecule has 3 aromatic carbocycles. The third kappa shape index (κ3) is 4.25. The number of H-pyrrole nitrogens is 1. The zero-order valence-corrected chi connectivity index (χ0v) is 18.5. The van der Waals surface area contributed by atoms with Crippen molar-refractivity contribution in [2.75, 3.05) is 0 Å². The van der Waals surface area contributed by atoms with Crippen molar-refractivity contribution in [3.05, 3.63) is 107 Å². The molecule has 5 rings (SSSR count). The number of carbonyl (C=O) groups is 1. The van der Waals surface area contributed by atoms with E-state index in [1.807, 2.05) is 92.7 Å². The lowest BCUT2D eigenvalue weighted by molar-refractivity contribution is 0.0929. The summed E-state index contributed by atoms with van der Waals surface area (Å²) in [6.07, 6.45) is 0.595. The maximum absolute atomic E-state index is 13.3. The lowest BCUT2D eigenvalue weighted by atomic mass is 10.1. The summed E-state index contributed by atoms with van der Waals surface area (Å²) in [5, 5.41) is 11.5. The summed E-state index contributed by atoms with van der Waals surface area (Å²) in [7, 11) is 0. The summed E-state index contributed by atoms with van der Waals surface area (Å²) < 4.78 is 1.69. The first kappa shape index (κ1) is 20.6. The van der Waals surface area contributed by atoms with Gasteiger partial charge in [-0.1, -0.05) is 59.8 Å². The molecular weight excluding hydrogens is 412 g/mol. The fraction of sp³-hybridized carbons (Fsp3) is 0.154. The van der Waals surface area contributed by atoms with Crippen molar-refractivity contribution in [1.82, 2.24) is 30.3 Å². The van der Waals surface area contributed by atoms with E-state index in [1.165, 1.54) is 0 Å². The Labute approximate surface area is 191 Å². The van der Waals surface area contributed by atoms with Crippen molar-refractivity contribution in [2.24, 2.45) is 0 Å². The summed E-state index contributed by atoms with van der Waals surface area (Å²) in [6.45, 7) is 3.87. The topological polar surface area (TPSA) is 88.5 Å². The van der Waals surface area contributed by atoms with Crippen LogP contribution >= 0.6 is 0 Å². The van der Waals surface area contributed by atoms with Gasteiger partial charge in [0.05, 0.1) is 28.5 Å². The summed E-state index contributed by atoms with van der Waals surface area (Å²) in [5.41, 5.74) is 5.86. The number of nitrogens with one attached hydrogen (secondary N) is 2. The number of hydrogen-bond acceptors (Lipinski definition) is 4. The van der Waals surface area contributed by atoms with E-state index < -0.39 is 0 Å². The number of amides is 1. The van der Waals surface area contributed by atoms with Gasteiger partial charge >= 0.3 is 0 Å². The van der Waals surface area contributed by atoms with Crippen molar-refractivity contribution in [2.45, 2.75) is 26.3 Å². The van der Waals surface area contributed by atoms with Gasteiger partial charge in [0.25, 0.3) is 5.91 Å². The molecule has 0 fully saturated rings. The molecule has 2 aromatic heterocycles. The first-order valence-corrected chi connectivity index (χ1v) is 10.9. The second kappa shape index (κ2) is 8.70. The normalized spacial score (nSPS) is 12.1. The van der Waals surface area contributed by atoms with E-state index in [1.54, 1.807) is 4.68 Å². The molecule has 2 N–H and O–H groups in total. The van der Waals surface area contributed by atoms with Crippen LogP contribution in [0.3, 0.4) is 0 Å². The van der Waals surface area contributed by atoms with Gasteiger partial charge in [0.15, 0.2) is 5.69 Å². The SMILES string of the molecule is Cc1cccc(-n2nnc(C(=O)N[C@@H](Cc3ccccc3)c3nc4ccccc4[nH]3)c2C)c1. The van der Waals surface area contributed by atoms with E-state index in [0.29, 0.717) is 23.6 Å². The smallest absolute Gasteiger partial charge is 0.274 e. The average molecular weight is 437 g/mol. The predicted octanol–water partition coefficient (Wildman–Crippen LogP) is 4.47. The van der Waals surface area contributed by atoms with Crippen LogP contribution in [0.2, 0.25) is 0 Å². The Bertz CT molecular complexity index is 1390. The molecule has 0 saturated carbocycles. The second-order valence-corrected chi connectivity index (χ2v) is 8.13. The number of para-hydroxylation sites is 2. The fourth-order valence-corrected chi connectivity index (χ4v) is 3.97. The van der Waals surface area contributed by atoms with Crippen molar-refractivity contribution < 1.29 is 4.79 Å². The third-order valence-electron chi connectivity index (χ3n) is 5.68. The summed E-state index contributed by atoms with van der Waals surface area (Å²) in [5.74, 6) is 0.421. The van der Waals surface area contributed by atoms with Gasteiger partial charge in [0, 0.05) is 0 Å². The molecule has 0 bridgehead atoms. The molecule has 5 aromatic rings. The van der Waals surface area contributed by atoms with Crippen molar-refractivity contribution in [3.63, 3.8) is 0 Å². The largest absolute Gasteiger partial charge is 0.340 e. The van der Waals surface area contributed by atoms with E-state index in [2.05, 4.69) is 20.6 Å². The molecule has 0 spiro atoms. The molecule has 0 aliphatic rings. The Kier molecular flexibility index (Phi) is 5.44. The first-order valence-electron chi connectivity index (χ1n) is 10.9. The monoisotopic (exact) mass is 436 g/mol. The van der Waals surface area contributed by atoms with Crippen LogP contribution in [0.4, 0.5) is 0 Å². The van der Waals surface area contributed by atoms with Gasteiger partial charge in [0.2, 0.25) is 0 Å². The highest BCUT2D eigenvalue weighted by Gasteiger charge is 2.24. The Morgan fingerprint density at radius 1 is 1.00 bits per heavy atom. The molecule has 7 heteroatoms. The van der Waals surface area contributed by atoms with Gasteiger partial charge in [-0.3, -0.25) is 4.79 Å². The van der Waals surface area contributed by atoms with E-state index in [4.69, 9.17) is 4.98 Å². The van der Waals surface area contributed by atoms with Crippen LogP contribution < -0.4 is 5.32 Å². The molecular formula is C26H24N6O. The molecule has 0 saturated heterocycles. The molecule has 0 unspecified atom stereocenters. The maximum Gasteiger partial charge on any atom is 0.274 e. The third-order valence-corrected chi connectivity index (χ3v) is 5.68. The lowest BCUT2D eigenvalue weighted by Gasteiger charge is -2.16. The number of benzene rings is 3. The van der Waals surface area contributed by atoms with Crippen molar-refractivity contribution in [1.29, 1.82) is 0 Å². The van der Waals surface area contributed by atoms with Gasteiger partial charge in [-0.25, -0.2) is 9.67 Å². The number of aromatic nitrogens is 5. The Morgan fingerprint density at radius 2 is 1.79 bits per heavy atom. The quantitative estimate of drug-likeness (QED) is 0.411. The van der Waals surface area contributed by atoms with E-state index in [9.17, 15) is 4.79 Å². The Hall–Kier alpha value is -4.26. The number of fused-ring (bicyclic) bond motifs is 1. The summed E-state index contributed by atoms with van der Waals surface area (Å²) >= 11 is 0. The van der Waals surface area contributed by atoms with Gasteiger partial charge in [0.1, 0.15) is 5.82 Å². The number of rotatable bonds is 6. The van der Waals surface area contributed by atoms with Crippen molar-refractivity contribution >= 4 is 16.9 Å². The van der Waals surface area contributed by atoms with Gasteiger partial charge < -0.3 is 10.3 Å². The minimum absolute atomic E-state index is 0.284. The van der Waals surface area contributed by atoms with Crippen LogP contribution in [0, 0.1) is 13.8 Å². The summed E-state index contributed by atoms with van der Waals surface area (Å²) in [6, 6.07) is 25.5. The minimum atomic E-state index is -0.351. The molecule has 0 aliphatic heterocycles. The van der Waals surface area contributed by atoms with Crippen molar-refractivity contribution in [3.8, 4) is 5.69 Å². The highest BCUT2D eigenvalue weighted by atomic mass is 16.2.